The van der Waals surface area contributed by atoms with Crippen molar-refractivity contribution in [1.82, 2.24) is 9.88 Å². The minimum atomic E-state index is 0.182. The largest absolute Gasteiger partial charge is 0.396 e. The van der Waals surface area contributed by atoms with Gasteiger partial charge < -0.3 is 10.0 Å². The molecule has 1 aliphatic rings. The monoisotopic (exact) mass is 363 g/mol. The number of aromatic nitrogens is 1. The summed E-state index contributed by atoms with van der Waals surface area (Å²) < 4.78 is 0. The second-order valence-corrected chi connectivity index (χ2v) is 7.44. The van der Waals surface area contributed by atoms with Crippen LogP contribution in [0.1, 0.15) is 17.5 Å². The maximum absolute atomic E-state index is 9.25. The Morgan fingerprint density at radius 3 is 2.81 bits per heavy atom. The van der Waals surface area contributed by atoms with Gasteiger partial charge in [0.2, 0.25) is 0 Å². The van der Waals surface area contributed by atoms with Gasteiger partial charge >= 0.3 is 0 Å². The first-order valence-electron chi connectivity index (χ1n) is 8.80. The maximum atomic E-state index is 9.25. The van der Waals surface area contributed by atoms with E-state index in [1.807, 2.05) is 30.3 Å². The second kappa shape index (κ2) is 7.48. The van der Waals surface area contributed by atoms with E-state index in [1.54, 1.807) is 11.8 Å². The highest BCUT2D eigenvalue weighted by molar-refractivity contribution is 8.13. The van der Waals surface area contributed by atoms with Crippen molar-refractivity contribution in [2.24, 2.45) is 4.99 Å². The lowest BCUT2D eigenvalue weighted by Crippen LogP contribution is -2.33. The molecule has 26 heavy (non-hydrogen) atoms. The molecule has 1 N–H and O–H groups in total. The first kappa shape index (κ1) is 17.1. The fourth-order valence-electron chi connectivity index (χ4n) is 3.09. The number of aliphatic hydroxyl groups excluding tert-OH is 1. The van der Waals surface area contributed by atoms with E-state index in [1.165, 1.54) is 16.5 Å². The van der Waals surface area contributed by atoms with Gasteiger partial charge in [-0.3, -0.25) is 0 Å². The van der Waals surface area contributed by atoms with E-state index in [9.17, 15) is 5.11 Å². The number of hydrogen-bond donors (Lipinski definition) is 1. The summed E-state index contributed by atoms with van der Waals surface area (Å²) in [6.07, 6.45) is 0.726. The van der Waals surface area contributed by atoms with Crippen LogP contribution in [0.25, 0.3) is 10.9 Å². The van der Waals surface area contributed by atoms with E-state index in [4.69, 9.17) is 9.98 Å². The third-order valence-corrected chi connectivity index (χ3v) is 5.48. The molecule has 0 bridgehead atoms. The molecule has 1 aliphatic heterocycles. The lowest BCUT2D eigenvalue weighted by atomic mass is 10.1. The molecule has 2 heterocycles. The van der Waals surface area contributed by atoms with Gasteiger partial charge in [0.25, 0.3) is 0 Å². The Kier molecular flexibility index (Phi) is 4.91. The number of fused-ring (bicyclic) bond motifs is 2. The molecule has 0 radical (unpaired) electrons. The number of aliphatic imine (C=N–C) groups is 1. The van der Waals surface area contributed by atoms with Crippen molar-refractivity contribution in [2.45, 2.75) is 24.9 Å². The molecule has 0 saturated heterocycles. The number of aryl methyl sites for hydroxylation is 1. The van der Waals surface area contributed by atoms with Crippen LogP contribution in [-0.4, -0.2) is 33.3 Å². The summed E-state index contributed by atoms with van der Waals surface area (Å²) >= 11 is 1.61. The molecular weight excluding hydrogens is 342 g/mol. The van der Waals surface area contributed by atoms with Crippen molar-refractivity contribution in [3.8, 4) is 0 Å². The predicted molar refractivity (Wildman–Crippen MR) is 108 cm³/mol. The topological polar surface area (TPSA) is 48.7 Å². The van der Waals surface area contributed by atoms with Crippen molar-refractivity contribution in [3.63, 3.8) is 0 Å². The molecule has 0 aliphatic carbocycles. The number of hydrogen-bond acceptors (Lipinski definition) is 4. The van der Waals surface area contributed by atoms with E-state index in [2.05, 4.69) is 36.1 Å². The van der Waals surface area contributed by atoms with Crippen LogP contribution >= 0.6 is 11.8 Å². The third-order valence-electron chi connectivity index (χ3n) is 4.40. The fraction of sp³-hybridized carbons (Fsp3) is 0.238. The minimum Gasteiger partial charge on any atom is -0.396 e. The van der Waals surface area contributed by atoms with E-state index in [0.29, 0.717) is 0 Å². The highest BCUT2D eigenvalue weighted by atomic mass is 32.2. The molecule has 4 nitrogen and oxygen atoms in total. The summed E-state index contributed by atoms with van der Waals surface area (Å²) in [6, 6.07) is 18.6. The van der Waals surface area contributed by atoms with E-state index < -0.39 is 0 Å². The lowest BCUT2D eigenvalue weighted by Gasteiger charge is -2.30. The molecule has 0 unspecified atom stereocenters. The van der Waals surface area contributed by atoms with Crippen LogP contribution in [-0.2, 0) is 6.54 Å². The summed E-state index contributed by atoms with van der Waals surface area (Å²) in [7, 11) is 0. The van der Waals surface area contributed by atoms with Crippen molar-refractivity contribution < 1.29 is 5.11 Å². The zero-order valence-corrected chi connectivity index (χ0v) is 15.5. The number of pyridine rings is 1. The number of nitrogens with zero attached hydrogens (tertiary/aromatic N) is 3. The average molecular weight is 363 g/mol. The van der Waals surface area contributed by atoms with Gasteiger partial charge in [-0.1, -0.05) is 29.8 Å². The number of amidine groups is 1. The van der Waals surface area contributed by atoms with Crippen molar-refractivity contribution in [3.05, 3.63) is 65.7 Å². The van der Waals surface area contributed by atoms with Crippen LogP contribution in [0.3, 0.4) is 0 Å². The Labute approximate surface area is 157 Å². The number of aliphatic hydroxyl groups is 1. The number of para-hydroxylation sites is 1. The molecule has 1 aromatic heterocycles. The molecule has 132 valence electrons. The summed E-state index contributed by atoms with van der Waals surface area (Å²) in [5.74, 6) is 0. The van der Waals surface area contributed by atoms with Crippen LogP contribution < -0.4 is 0 Å². The normalized spacial score (nSPS) is 15.5. The quantitative estimate of drug-likeness (QED) is 0.740. The van der Waals surface area contributed by atoms with Gasteiger partial charge in [0.15, 0.2) is 5.17 Å². The Balaban J connectivity index is 1.74. The fourth-order valence-corrected chi connectivity index (χ4v) is 4.10. The zero-order chi connectivity index (χ0) is 17.9. The van der Waals surface area contributed by atoms with Crippen LogP contribution in [0.2, 0.25) is 0 Å². The molecule has 3 aromatic rings. The van der Waals surface area contributed by atoms with Gasteiger partial charge in [0.05, 0.1) is 11.2 Å². The molecule has 5 heteroatoms. The summed E-state index contributed by atoms with van der Waals surface area (Å²) in [6.45, 7) is 3.83. The molecule has 0 fully saturated rings. The highest BCUT2D eigenvalue weighted by Gasteiger charge is 2.24. The first-order chi connectivity index (χ1) is 12.7. The highest BCUT2D eigenvalue weighted by Crippen LogP contribution is 2.34. The average Bonchev–Trinajstić information content (AvgIpc) is 2.65. The van der Waals surface area contributed by atoms with Crippen LogP contribution in [0.4, 0.5) is 5.69 Å². The standard InChI is InChI=1S/C21H21N3OS/c1-15-8-9-19-16(12-15)13-17-14-24(10-5-11-25)21(26-20(17)23-19)22-18-6-3-2-4-7-18/h2-4,6-9,12-13,25H,5,10-11,14H2,1H3. The molecule has 0 amide bonds. The molecule has 0 saturated carbocycles. The Morgan fingerprint density at radius 1 is 1.15 bits per heavy atom. The summed E-state index contributed by atoms with van der Waals surface area (Å²) in [5, 5.41) is 12.4. The third kappa shape index (κ3) is 3.59. The van der Waals surface area contributed by atoms with Crippen molar-refractivity contribution >= 4 is 33.5 Å². The number of benzene rings is 2. The summed E-state index contributed by atoms with van der Waals surface area (Å²) in [5.41, 5.74) is 4.41. The molecule has 4 rings (SSSR count). The van der Waals surface area contributed by atoms with Gasteiger partial charge in [-0.05, 0) is 55.4 Å². The molecule has 0 spiro atoms. The Morgan fingerprint density at radius 2 is 2.00 bits per heavy atom. The van der Waals surface area contributed by atoms with Crippen LogP contribution in [0.15, 0.2) is 64.6 Å². The number of thioether (sulfide) groups is 1. The molecule has 0 atom stereocenters. The van der Waals surface area contributed by atoms with Gasteiger partial charge in [-0.2, -0.15) is 0 Å². The van der Waals surface area contributed by atoms with Crippen LogP contribution in [0.5, 0.6) is 0 Å². The minimum absolute atomic E-state index is 0.182. The van der Waals surface area contributed by atoms with E-state index in [0.717, 1.165) is 40.9 Å². The van der Waals surface area contributed by atoms with Gasteiger partial charge in [-0.25, -0.2) is 9.98 Å². The van der Waals surface area contributed by atoms with Crippen molar-refractivity contribution in [1.29, 1.82) is 0 Å². The van der Waals surface area contributed by atoms with Crippen LogP contribution in [0, 0.1) is 6.92 Å². The smallest absolute Gasteiger partial charge is 0.171 e. The Bertz CT molecular complexity index is 956. The second-order valence-electron chi connectivity index (χ2n) is 6.48. The first-order valence-corrected chi connectivity index (χ1v) is 9.62. The number of rotatable bonds is 4. The van der Waals surface area contributed by atoms with E-state index >= 15 is 0 Å². The van der Waals surface area contributed by atoms with Crippen molar-refractivity contribution in [2.75, 3.05) is 13.2 Å². The molecule has 2 aromatic carbocycles. The van der Waals surface area contributed by atoms with Gasteiger partial charge in [0, 0.05) is 30.6 Å². The Hall–Kier alpha value is -2.37. The van der Waals surface area contributed by atoms with E-state index in [-0.39, 0.29) is 6.61 Å². The lowest BCUT2D eigenvalue weighted by molar-refractivity contribution is 0.265. The van der Waals surface area contributed by atoms with Gasteiger partial charge in [-0.15, -0.1) is 0 Å². The maximum Gasteiger partial charge on any atom is 0.171 e. The zero-order valence-electron chi connectivity index (χ0n) is 14.7. The SMILES string of the molecule is Cc1ccc2nc3c(cc2c1)CN(CCCO)C(=Nc1ccccc1)S3. The molecular formula is C21H21N3OS. The van der Waals surface area contributed by atoms with Gasteiger partial charge in [0.1, 0.15) is 5.03 Å². The predicted octanol–water partition coefficient (Wildman–Crippen LogP) is 4.52. The summed E-state index contributed by atoms with van der Waals surface area (Å²) in [4.78, 5) is 11.9.